The maximum absolute atomic E-state index is 12.1. The molecule has 2 rings (SSSR count). The quantitative estimate of drug-likeness (QED) is 0.817. The van der Waals surface area contributed by atoms with Crippen molar-refractivity contribution in [1.29, 1.82) is 0 Å². The van der Waals surface area contributed by atoms with Gasteiger partial charge in [-0.2, -0.15) is 0 Å². The molecule has 1 fully saturated rings. The van der Waals surface area contributed by atoms with E-state index in [-0.39, 0.29) is 11.9 Å². The summed E-state index contributed by atoms with van der Waals surface area (Å²) in [5.74, 6) is 0.770. The number of rotatable bonds is 6. The SMILES string of the molecule is CN(CCC(=O)c1ccccc1Br)CC1CC(O)C1. The van der Waals surface area contributed by atoms with Gasteiger partial charge in [0, 0.05) is 29.5 Å². The molecule has 4 heteroatoms. The molecule has 0 aromatic heterocycles. The first-order valence-corrected chi connectivity index (χ1v) is 7.50. The van der Waals surface area contributed by atoms with Gasteiger partial charge in [-0.3, -0.25) is 4.79 Å². The van der Waals surface area contributed by atoms with Gasteiger partial charge in [0.05, 0.1) is 6.10 Å². The Balaban J connectivity index is 1.75. The van der Waals surface area contributed by atoms with Crippen LogP contribution in [-0.4, -0.2) is 42.0 Å². The standard InChI is InChI=1S/C15H20BrNO2/c1-17(10-11-8-12(18)9-11)7-6-15(19)13-4-2-3-5-14(13)16/h2-5,11-12,18H,6-10H2,1H3. The highest BCUT2D eigenvalue weighted by Crippen LogP contribution is 2.27. The molecule has 1 aliphatic carbocycles. The van der Waals surface area contributed by atoms with Gasteiger partial charge in [0.25, 0.3) is 0 Å². The number of aliphatic hydroxyl groups is 1. The first kappa shape index (κ1) is 14.7. The molecule has 0 unspecified atom stereocenters. The summed E-state index contributed by atoms with van der Waals surface area (Å²) in [6.45, 7) is 1.74. The van der Waals surface area contributed by atoms with Gasteiger partial charge >= 0.3 is 0 Å². The normalized spacial score (nSPS) is 22.3. The Hall–Kier alpha value is -0.710. The number of nitrogens with zero attached hydrogens (tertiary/aromatic N) is 1. The summed E-state index contributed by atoms with van der Waals surface area (Å²) in [7, 11) is 2.04. The van der Waals surface area contributed by atoms with Crippen molar-refractivity contribution >= 4 is 21.7 Å². The largest absolute Gasteiger partial charge is 0.393 e. The van der Waals surface area contributed by atoms with Crippen molar-refractivity contribution in [3.8, 4) is 0 Å². The number of Topliss-reactive ketones (excluding diaryl/α,β-unsaturated/α-hetero) is 1. The second kappa shape index (κ2) is 6.64. The summed E-state index contributed by atoms with van der Waals surface area (Å²) in [5, 5.41) is 9.25. The molecule has 1 aromatic carbocycles. The Morgan fingerprint density at radius 2 is 2.11 bits per heavy atom. The number of carbonyl (C=O) groups excluding carboxylic acids is 1. The van der Waals surface area contributed by atoms with Gasteiger partial charge in [-0.1, -0.05) is 34.1 Å². The molecule has 19 heavy (non-hydrogen) atoms. The Kier molecular flexibility index (Phi) is 5.13. The first-order valence-electron chi connectivity index (χ1n) is 6.70. The lowest BCUT2D eigenvalue weighted by atomic mass is 9.82. The lowest BCUT2D eigenvalue weighted by Crippen LogP contribution is -2.37. The third-order valence-corrected chi connectivity index (χ3v) is 4.37. The van der Waals surface area contributed by atoms with Gasteiger partial charge in [-0.05, 0) is 31.9 Å². The predicted molar refractivity (Wildman–Crippen MR) is 79.3 cm³/mol. The van der Waals surface area contributed by atoms with Crippen LogP contribution in [-0.2, 0) is 0 Å². The minimum absolute atomic E-state index is 0.0969. The third kappa shape index (κ3) is 4.13. The smallest absolute Gasteiger partial charge is 0.165 e. The molecular weight excluding hydrogens is 306 g/mol. The molecule has 0 heterocycles. The molecule has 0 amide bonds. The average molecular weight is 326 g/mol. The molecule has 1 saturated carbocycles. The van der Waals surface area contributed by atoms with E-state index in [4.69, 9.17) is 0 Å². The minimum atomic E-state index is -0.0969. The molecule has 0 spiro atoms. The van der Waals surface area contributed by atoms with Crippen molar-refractivity contribution in [2.24, 2.45) is 5.92 Å². The van der Waals surface area contributed by atoms with E-state index in [1.54, 1.807) is 0 Å². The Labute approximate surface area is 122 Å². The van der Waals surface area contributed by atoms with E-state index in [0.29, 0.717) is 12.3 Å². The zero-order valence-corrected chi connectivity index (χ0v) is 12.8. The maximum atomic E-state index is 12.1. The summed E-state index contributed by atoms with van der Waals surface area (Å²) < 4.78 is 0.866. The van der Waals surface area contributed by atoms with E-state index in [9.17, 15) is 9.90 Å². The lowest BCUT2D eigenvalue weighted by Gasteiger charge is -2.34. The minimum Gasteiger partial charge on any atom is -0.393 e. The molecule has 3 nitrogen and oxygen atoms in total. The number of hydrogen-bond donors (Lipinski definition) is 1. The number of carbonyl (C=O) groups is 1. The van der Waals surface area contributed by atoms with E-state index in [1.165, 1.54) is 0 Å². The monoisotopic (exact) mass is 325 g/mol. The molecule has 0 saturated heterocycles. The predicted octanol–water partition coefficient (Wildman–Crippen LogP) is 2.72. The summed E-state index contributed by atoms with van der Waals surface area (Å²) in [5.41, 5.74) is 0.759. The summed E-state index contributed by atoms with van der Waals surface area (Å²) >= 11 is 3.41. The van der Waals surface area contributed by atoms with Crippen molar-refractivity contribution in [2.75, 3.05) is 20.1 Å². The Bertz CT molecular complexity index is 444. The fourth-order valence-electron chi connectivity index (χ4n) is 2.50. The van der Waals surface area contributed by atoms with E-state index >= 15 is 0 Å². The summed E-state index contributed by atoms with van der Waals surface area (Å²) in [6, 6.07) is 7.55. The number of halogens is 1. The Morgan fingerprint density at radius 3 is 2.74 bits per heavy atom. The molecule has 0 atom stereocenters. The molecule has 0 bridgehead atoms. The van der Waals surface area contributed by atoms with Crippen LogP contribution in [0.15, 0.2) is 28.7 Å². The number of hydrogen-bond acceptors (Lipinski definition) is 3. The van der Waals surface area contributed by atoms with Crippen molar-refractivity contribution in [1.82, 2.24) is 4.90 Å². The van der Waals surface area contributed by atoms with Gasteiger partial charge in [-0.15, -0.1) is 0 Å². The zero-order valence-electron chi connectivity index (χ0n) is 11.2. The van der Waals surface area contributed by atoms with Gasteiger partial charge in [-0.25, -0.2) is 0 Å². The van der Waals surface area contributed by atoms with E-state index in [0.717, 1.165) is 36.0 Å². The van der Waals surface area contributed by atoms with Crippen molar-refractivity contribution in [3.05, 3.63) is 34.3 Å². The van der Waals surface area contributed by atoms with E-state index < -0.39 is 0 Å². The van der Waals surface area contributed by atoms with E-state index in [2.05, 4.69) is 20.8 Å². The zero-order chi connectivity index (χ0) is 13.8. The fraction of sp³-hybridized carbons (Fsp3) is 0.533. The van der Waals surface area contributed by atoms with Crippen LogP contribution in [0.1, 0.15) is 29.6 Å². The molecule has 0 aliphatic heterocycles. The molecule has 0 radical (unpaired) electrons. The molecule has 1 N–H and O–H groups in total. The molecule has 104 valence electrons. The van der Waals surface area contributed by atoms with Gasteiger partial charge in [0.2, 0.25) is 0 Å². The van der Waals surface area contributed by atoms with Gasteiger partial charge < -0.3 is 10.0 Å². The highest BCUT2D eigenvalue weighted by molar-refractivity contribution is 9.10. The Morgan fingerprint density at radius 1 is 1.42 bits per heavy atom. The fourth-order valence-corrected chi connectivity index (χ4v) is 3.00. The van der Waals surface area contributed by atoms with Crippen molar-refractivity contribution < 1.29 is 9.90 Å². The van der Waals surface area contributed by atoms with Crippen LogP contribution in [0, 0.1) is 5.92 Å². The first-order chi connectivity index (χ1) is 9.06. The highest BCUT2D eigenvalue weighted by atomic mass is 79.9. The topological polar surface area (TPSA) is 40.5 Å². The number of ketones is 1. The average Bonchev–Trinajstić information content (AvgIpc) is 2.35. The van der Waals surface area contributed by atoms with Gasteiger partial charge in [0.15, 0.2) is 5.78 Å². The maximum Gasteiger partial charge on any atom is 0.165 e. The van der Waals surface area contributed by atoms with Crippen molar-refractivity contribution in [2.45, 2.75) is 25.4 Å². The van der Waals surface area contributed by atoms with Crippen LogP contribution in [0.3, 0.4) is 0 Å². The van der Waals surface area contributed by atoms with Crippen LogP contribution in [0.5, 0.6) is 0 Å². The molecule has 1 aliphatic rings. The number of aliphatic hydroxyl groups excluding tert-OH is 1. The highest BCUT2D eigenvalue weighted by Gasteiger charge is 2.27. The number of benzene rings is 1. The molecule has 1 aromatic rings. The summed E-state index contributed by atoms with van der Waals surface area (Å²) in [4.78, 5) is 14.3. The van der Waals surface area contributed by atoms with Crippen LogP contribution >= 0.6 is 15.9 Å². The second-order valence-corrected chi connectivity index (χ2v) is 6.26. The summed E-state index contributed by atoms with van der Waals surface area (Å²) in [6.07, 6.45) is 2.25. The van der Waals surface area contributed by atoms with Gasteiger partial charge in [0.1, 0.15) is 0 Å². The van der Waals surface area contributed by atoms with Crippen LogP contribution < -0.4 is 0 Å². The van der Waals surface area contributed by atoms with Crippen LogP contribution in [0.4, 0.5) is 0 Å². The third-order valence-electron chi connectivity index (χ3n) is 3.68. The molecular formula is C15H20BrNO2. The second-order valence-electron chi connectivity index (χ2n) is 5.41. The van der Waals surface area contributed by atoms with Crippen LogP contribution in [0.2, 0.25) is 0 Å². The van der Waals surface area contributed by atoms with Crippen LogP contribution in [0.25, 0.3) is 0 Å². The lowest BCUT2D eigenvalue weighted by molar-refractivity contribution is 0.0281. The van der Waals surface area contributed by atoms with E-state index in [1.807, 2.05) is 31.3 Å². The van der Waals surface area contributed by atoms with Crippen molar-refractivity contribution in [3.63, 3.8) is 0 Å².